The van der Waals surface area contributed by atoms with Gasteiger partial charge in [0.2, 0.25) is 5.78 Å². The fourth-order valence-electron chi connectivity index (χ4n) is 1.83. The maximum Gasteiger partial charge on any atom is 0.206 e. The maximum absolute atomic E-state index is 12.2. The highest BCUT2D eigenvalue weighted by Gasteiger charge is 2.12. The fourth-order valence-corrected chi connectivity index (χ4v) is 2.81. The van der Waals surface area contributed by atoms with Crippen LogP contribution in [0.15, 0.2) is 54.4 Å². The van der Waals surface area contributed by atoms with Crippen LogP contribution >= 0.6 is 22.9 Å². The summed E-state index contributed by atoms with van der Waals surface area (Å²) in [6.45, 7) is 0.400. The zero-order chi connectivity index (χ0) is 15.4. The Hall–Kier alpha value is -2.24. The first-order valence-electron chi connectivity index (χ1n) is 6.48. The van der Waals surface area contributed by atoms with E-state index < -0.39 is 0 Å². The molecular weight excluding hydrogens is 320 g/mol. The molecule has 4 nitrogen and oxygen atoms in total. The zero-order valence-electron chi connectivity index (χ0n) is 11.4. The largest absolute Gasteiger partial charge is 0.489 e. The first-order chi connectivity index (χ1) is 10.7. The topological polar surface area (TPSA) is 52.1 Å². The predicted molar refractivity (Wildman–Crippen MR) is 85.6 cm³/mol. The van der Waals surface area contributed by atoms with Crippen LogP contribution in [0.2, 0.25) is 5.02 Å². The van der Waals surface area contributed by atoms with E-state index in [1.54, 1.807) is 12.1 Å². The summed E-state index contributed by atoms with van der Waals surface area (Å²) in [5.74, 6) is 0.656. The van der Waals surface area contributed by atoms with Crippen molar-refractivity contribution in [3.63, 3.8) is 0 Å². The smallest absolute Gasteiger partial charge is 0.206 e. The van der Waals surface area contributed by atoms with Crippen molar-refractivity contribution in [1.82, 2.24) is 9.97 Å². The Morgan fingerprint density at radius 1 is 1.18 bits per heavy atom. The molecule has 110 valence electrons. The summed E-state index contributed by atoms with van der Waals surface area (Å²) in [5.41, 5.74) is 1.43. The summed E-state index contributed by atoms with van der Waals surface area (Å²) in [7, 11) is 0. The third-order valence-electron chi connectivity index (χ3n) is 2.92. The summed E-state index contributed by atoms with van der Waals surface area (Å²) in [6.07, 6.45) is 4.43. The molecule has 0 aliphatic rings. The maximum atomic E-state index is 12.2. The van der Waals surface area contributed by atoms with E-state index in [-0.39, 0.29) is 5.78 Å². The van der Waals surface area contributed by atoms with Gasteiger partial charge in [0.25, 0.3) is 0 Å². The van der Waals surface area contributed by atoms with Crippen LogP contribution in [0, 0.1) is 0 Å². The molecule has 0 bridgehead atoms. The molecular formula is C16H11ClN2O2S. The van der Waals surface area contributed by atoms with Crippen molar-refractivity contribution < 1.29 is 9.53 Å². The monoisotopic (exact) mass is 330 g/mol. The molecule has 1 aromatic carbocycles. The molecule has 0 unspecified atom stereocenters. The molecule has 2 heterocycles. The van der Waals surface area contributed by atoms with E-state index in [4.69, 9.17) is 16.3 Å². The molecule has 0 amide bonds. The van der Waals surface area contributed by atoms with Gasteiger partial charge in [0.15, 0.2) is 0 Å². The fraction of sp³-hybridized carbons (Fsp3) is 0.0625. The zero-order valence-corrected chi connectivity index (χ0v) is 13.0. The Kier molecular flexibility index (Phi) is 4.46. The van der Waals surface area contributed by atoms with Crippen LogP contribution in [0.3, 0.4) is 0 Å². The number of thiophene rings is 1. The normalized spacial score (nSPS) is 10.4. The van der Waals surface area contributed by atoms with Gasteiger partial charge in [0, 0.05) is 23.0 Å². The second-order valence-electron chi connectivity index (χ2n) is 4.52. The number of ketones is 1. The van der Waals surface area contributed by atoms with Crippen molar-refractivity contribution in [2.75, 3.05) is 0 Å². The number of nitrogens with zero attached hydrogens (tertiary/aromatic N) is 2. The van der Waals surface area contributed by atoms with Crippen molar-refractivity contribution in [3.05, 3.63) is 75.5 Å². The van der Waals surface area contributed by atoms with Crippen LogP contribution in [-0.4, -0.2) is 15.8 Å². The standard InChI is InChI=1S/C16H11ClN2O2S/c17-13-1-3-14(4-2-13)21-8-11-5-15(22-9-11)16(20)12-6-18-10-19-7-12/h1-7,9-10H,8H2. The van der Waals surface area contributed by atoms with Gasteiger partial charge in [0.05, 0.1) is 10.4 Å². The lowest BCUT2D eigenvalue weighted by Gasteiger charge is -2.04. The Morgan fingerprint density at radius 3 is 2.64 bits per heavy atom. The van der Waals surface area contributed by atoms with Crippen LogP contribution in [0.25, 0.3) is 0 Å². The van der Waals surface area contributed by atoms with Crippen molar-refractivity contribution in [1.29, 1.82) is 0 Å². The molecule has 2 aromatic heterocycles. The van der Waals surface area contributed by atoms with Gasteiger partial charge in [-0.3, -0.25) is 4.79 Å². The molecule has 6 heteroatoms. The summed E-state index contributed by atoms with van der Waals surface area (Å²) in [5, 5.41) is 2.58. The quantitative estimate of drug-likeness (QED) is 0.663. The number of ether oxygens (including phenoxy) is 1. The number of carbonyl (C=O) groups excluding carboxylic acids is 1. The summed E-state index contributed by atoms with van der Waals surface area (Å²) in [6, 6.07) is 8.99. The van der Waals surface area contributed by atoms with E-state index >= 15 is 0 Å². The summed E-state index contributed by atoms with van der Waals surface area (Å²) >= 11 is 7.21. The molecule has 0 atom stereocenters. The Labute approximate surface area is 136 Å². The third-order valence-corrected chi connectivity index (χ3v) is 4.15. The lowest BCUT2D eigenvalue weighted by atomic mass is 10.2. The average Bonchev–Trinajstić information content (AvgIpc) is 3.03. The van der Waals surface area contributed by atoms with Crippen LogP contribution in [0.1, 0.15) is 20.8 Å². The van der Waals surface area contributed by atoms with Crippen LogP contribution in [0.5, 0.6) is 5.75 Å². The number of aromatic nitrogens is 2. The molecule has 0 aliphatic heterocycles. The SMILES string of the molecule is O=C(c1cncnc1)c1cc(COc2ccc(Cl)cc2)cs1. The summed E-state index contributed by atoms with van der Waals surface area (Å²) in [4.78, 5) is 20.6. The molecule has 0 spiro atoms. The highest BCUT2D eigenvalue weighted by Crippen LogP contribution is 2.21. The van der Waals surface area contributed by atoms with E-state index in [2.05, 4.69) is 9.97 Å². The van der Waals surface area contributed by atoms with Gasteiger partial charge in [-0.15, -0.1) is 11.3 Å². The molecule has 0 saturated heterocycles. The lowest BCUT2D eigenvalue weighted by molar-refractivity contribution is 0.104. The molecule has 0 fully saturated rings. The van der Waals surface area contributed by atoms with Crippen molar-refractivity contribution >= 4 is 28.7 Å². The number of hydrogen-bond acceptors (Lipinski definition) is 5. The first-order valence-corrected chi connectivity index (χ1v) is 7.73. The number of halogens is 1. The van der Waals surface area contributed by atoms with E-state index in [1.165, 1.54) is 30.1 Å². The van der Waals surface area contributed by atoms with Gasteiger partial charge in [-0.25, -0.2) is 9.97 Å². The molecule has 0 saturated carbocycles. The summed E-state index contributed by atoms with van der Waals surface area (Å²) < 4.78 is 5.66. The van der Waals surface area contributed by atoms with E-state index in [0.29, 0.717) is 22.1 Å². The van der Waals surface area contributed by atoms with Gasteiger partial charge in [-0.2, -0.15) is 0 Å². The first kappa shape index (κ1) is 14.7. The number of rotatable bonds is 5. The van der Waals surface area contributed by atoms with Gasteiger partial charge < -0.3 is 4.74 Å². The van der Waals surface area contributed by atoms with Gasteiger partial charge in [-0.05, 0) is 35.7 Å². The molecule has 0 aliphatic carbocycles. The number of hydrogen-bond donors (Lipinski definition) is 0. The number of benzene rings is 1. The minimum absolute atomic E-state index is 0.0802. The van der Waals surface area contributed by atoms with Crippen LogP contribution in [0.4, 0.5) is 0 Å². The van der Waals surface area contributed by atoms with Crippen molar-refractivity contribution in [3.8, 4) is 5.75 Å². The average molecular weight is 331 g/mol. The minimum atomic E-state index is -0.0802. The third kappa shape index (κ3) is 3.50. The van der Waals surface area contributed by atoms with Crippen molar-refractivity contribution in [2.45, 2.75) is 6.61 Å². The van der Waals surface area contributed by atoms with Crippen molar-refractivity contribution in [2.24, 2.45) is 0 Å². The highest BCUT2D eigenvalue weighted by molar-refractivity contribution is 7.12. The van der Waals surface area contributed by atoms with Crippen LogP contribution in [-0.2, 0) is 6.61 Å². The molecule has 0 N–H and O–H groups in total. The Morgan fingerprint density at radius 2 is 1.91 bits per heavy atom. The Balaban J connectivity index is 1.66. The second-order valence-corrected chi connectivity index (χ2v) is 5.87. The predicted octanol–water partition coefficient (Wildman–Crippen LogP) is 4.00. The molecule has 0 radical (unpaired) electrons. The minimum Gasteiger partial charge on any atom is -0.489 e. The molecule has 3 rings (SSSR count). The van der Waals surface area contributed by atoms with Gasteiger partial charge in [-0.1, -0.05) is 11.6 Å². The number of carbonyl (C=O) groups is 1. The molecule has 22 heavy (non-hydrogen) atoms. The van der Waals surface area contributed by atoms with E-state index in [9.17, 15) is 4.79 Å². The second kappa shape index (κ2) is 6.68. The van der Waals surface area contributed by atoms with E-state index in [1.807, 2.05) is 23.6 Å². The molecule has 3 aromatic rings. The lowest BCUT2D eigenvalue weighted by Crippen LogP contribution is -2.00. The Bertz CT molecular complexity index is 772. The highest BCUT2D eigenvalue weighted by atomic mass is 35.5. The van der Waals surface area contributed by atoms with E-state index in [0.717, 1.165) is 11.3 Å². The van der Waals surface area contributed by atoms with Gasteiger partial charge >= 0.3 is 0 Å². The van der Waals surface area contributed by atoms with Gasteiger partial charge in [0.1, 0.15) is 18.7 Å². The van der Waals surface area contributed by atoms with Crippen LogP contribution < -0.4 is 4.74 Å².